The Bertz CT molecular complexity index is 824. The van der Waals surface area contributed by atoms with Crippen molar-refractivity contribution in [1.82, 2.24) is 10.3 Å². The van der Waals surface area contributed by atoms with Crippen LogP contribution in [0.25, 0.3) is 0 Å². The third kappa shape index (κ3) is 4.28. The molecule has 0 aromatic carbocycles. The van der Waals surface area contributed by atoms with E-state index >= 15 is 0 Å². The van der Waals surface area contributed by atoms with Gasteiger partial charge in [-0.15, -0.1) is 0 Å². The van der Waals surface area contributed by atoms with Gasteiger partial charge in [-0.05, 0) is 39.7 Å². The van der Waals surface area contributed by atoms with E-state index in [-0.39, 0.29) is 23.0 Å². The van der Waals surface area contributed by atoms with E-state index in [0.717, 1.165) is 0 Å². The lowest BCUT2D eigenvalue weighted by Crippen LogP contribution is -2.42. The zero-order valence-electron chi connectivity index (χ0n) is 14.6. The zero-order valence-corrected chi connectivity index (χ0v) is 15.5. The molecule has 0 radical (unpaired) electrons. The number of hydrogen-bond acceptors (Lipinski definition) is 6. The molecule has 9 heteroatoms. The van der Waals surface area contributed by atoms with E-state index in [4.69, 9.17) is 4.74 Å². The number of H-pyrrole nitrogens is 1. The van der Waals surface area contributed by atoms with Crippen molar-refractivity contribution in [2.45, 2.75) is 46.3 Å². The summed E-state index contributed by atoms with van der Waals surface area (Å²) in [5.74, 6) is -1.52. The second-order valence-electron chi connectivity index (χ2n) is 6.34. The van der Waals surface area contributed by atoms with Gasteiger partial charge in [0.1, 0.15) is 5.69 Å². The summed E-state index contributed by atoms with van der Waals surface area (Å²) in [6, 6.07) is -0.461. The number of carbonyl (C=O) groups excluding carboxylic acids is 3. The highest BCUT2D eigenvalue weighted by Crippen LogP contribution is 2.20. The SMILES string of the molecule is CC(=O)c1c(C)[nH]c(C(=O)O[C@@H](C)C(=O)N[C@H]2CCS(=O)(=O)C2)c1C. The van der Waals surface area contributed by atoms with Crippen LogP contribution in [0.4, 0.5) is 0 Å². The largest absolute Gasteiger partial charge is 0.448 e. The van der Waals surface area contributed by atoms with E-state index < -0.39 is 33.9 Å². The van der Waals surface area contributed by atoms with Gasteiger partial charge in [0.25, 0.3) is 5.91 Å². The molecule has 0 saturated carbocycles. The van der Waals surface area contributed by atoms with Gasteiger partial charge < -0.3 is 15.0 Å². The Hall–Kier alpha value is -2.16. The van der Waals surface area contributed by atoms with Crippen molar-refractivity contribution >= 4 is 27.5 Å². The van der Waals surface area contributed by atoms with Gasteiger partial charge in [-0.25, -0.2) is 13.2 Å². The lowest BCUT2D eigenvalue weighted by Gasteiger charge is -2.16. The molecule has 0 bridgehead atoms. The van der Waals surface area contributed by atoms with Gasteiger partial charge in [0.15, 0.2) is 21.7 Å². The molecule has 2 rings (SSSR count). The van der Waals surface area contributed by atoms with Crippen LogP contribution in [0.2, 0.25) is 0 Å². The van der Waals surface area contributed by atoms with Crippen LogP contribution >= 0.6 is 0 Å². The molecular weight excluding hydrogens is 348 g/mol. The first-order chi connectivity index (χ1) is 11.5. The van der Waals surface area contributed by atoms with Crippen LogP contribution in [-0.2, 0) is 19.4 Å². The van der Waals surface area contributed by atoms with E-state index in [1.54, 1.807) is 13.8 Å². The summed E-state index contributed by atoms with van der Waals surface area (Å²) in [7, 11) is -3.11. The molecule has 1 aromatic heterocycles. The molecule has 0 unspecified atom stereocenters. The van der Waals surface area contributed by atoms with Crippen LogP contribution in [0.15, 0.2) is 0 Å². The Balaban J connectivity index is 2.02. The van der Waals surface area contributed by atoms with Crippen LogP contribution in [0, 0.1) is 13.8 Å². The maximum Gasteiger partial charge on any atom is 0.355 e. The van der Waals surface area contributed by atoms with Crippen molar-refractivity contribution in [3.8, 4) is 0 Å². The third-order valence-corrected chi connectivity index (χ3v) is 5.99. The van der Waals surface area contributed by atoms with Crippen LogP contribution in [0.3, 0.4) is 0 Å². The van der Waals surface area contributed by atoms with Crippen molar-refractivity contribution in [3.63, 3.8) is 0 Å². The van der Waals surface area contributed by atoms with Gasteiger partial charge in [-0.1, -0.05) is 0 Å². The van der Waals surface area contributed by atoms with Crippen LogP contribution in [-0.4, -0.2) is 54.7 Å². The van der Waals surface area contributed by atoms with Gasteiger partial charge in [0.05, 0.1) is 11.5 Å². The van der Waals surface area contributed by atoms with Crippen LogP contribution < -0.4 is 5.32 Å². The van der Waals surface area contributed by atoms with Crippen molar-refractivity contribution in [2.24, 2.45) is 0 Å². The van der Waals surface area contributed by atoms with Crippen LogP contribution in [0.5, 0.6) is 0 Å². The van der Waals surface area contributed by atoms with Gasteiger partial charge in [-0.2, -0.15) is 0 Å². The highest BCUT2D eigenvalue weighted by molar-refractivity contribution is 7.91. The first-order valence-corrected chi connectivity index (χ1v) is 9.76. The molecule has 0 aliphatic carbocycles. The molecule has 1 fully saturated rings. The number of hydrogen-bond donors (Lipinski definition) is 2. The number of ether oxygens (including phenoxy) is 1. The van der Waals surface area contributed by atoms with Gasteiger partial charge in [0.2, 0.25) is 0 Å². The number of sulfone groups is 1. The predicted molar refractivity (Wildman–Crippen MR) is 90.4 cm³/mol. The maximum atomic E-state index is 12.3. The minimum atomic E-state index is -3.11. The van der Waals surface area contributed by atoms with E-state index in [1.165, 1.54) is 13.8 Å². The Morgan fingerprint density at radius 2 is 1.92 bits per heavy atom. The minimum absolute atomic E-state index is 0.0425. The predicted octanol–water partition coefficient (Wildman–Crippen LogP) is 0.683. The second kappa shape index (κ2) is 6.99. The number of ketones is 1. The zero-order chi connectivity index (χ0) is 18.9. The summed E-state index contributed by atoms with van der Waals surface area (Å²) < 4.78 is 28.0. The van der Waals surface area contributed by atoms with Crippen molar-refractivity contribution in [2.75, 3.05) is 11.5 Å². The number of esters is 1. The fourth-order valence-electron chi connectivity index (χ4n) is 2.98. The molecule has 1 amide bonds. The highest BCUT2D eigenvalue weighted by atomic mass is 32.2. The molecule has 138 valence electrons. The van der Waals surface area contributed by atoms with Crippen molar-refractivity contribution in [1.29, 1.82) is 0 Å². The molecule has 8 nitrogen and oxygen atoms in total. The molecular formula is C16H22N2O6S. The minimum Gasteiger partial charge on any atom is -0.448 e. The number of amides is 1. The number of Topliss-reactive ketones (excluding diaryl/α,β-unsaturated/α-hetero) is 1. The summed E-state index contributed by atoms with van der Waals surface area (Å²) in [5.41, 5.74) is 1.60. The molecule has 25 heavy (non-hydrogen) atoms. The number of aromatic amines is 1. The average molecular weight is 370 g/mol. The first-order valence-electron chi connectivity index (χ1n) is 7.93. The molecule has 1 aliphatic heterocycles. The van der Waals surface area contributed by atoms with E-state index in [9.17, 15) is 22.8 Å². The fraction of sp³-hybridized carbons (Fsp3) is 0.562. The topological polar surface area (TPSA) is 122 Å². The Morgan fingerprint density at radius 1 is 1.28 bits per heavy atom. The summed E-state index contributed by atoms with van der Waals surface area (Å²) in [4.78, 5) is 38.8. The van der Waals surface area contributed by atoms with E-state index in [1.807, 2.05) is 0 Å². The normalized spacial score (nSPS) is 20.1. The third-order valence-electron chi connectivity index (χ3n) is 4.23. The second-order valence-corrected chi connectivity index (χ2v) is 8.57. The standard InChI is InChI=1S/C16H22N2O6S/c1-8-13(10(3)19)9(2)17-14(8)16(21)24-11(4)15(20)18-12-5-6-25(22,23)7-12/h11-12,17H,5-7H2,1-4H3,(H,18,20)/t11-,12-/m0/s1. The number of nitrogens with one attached hydrogen (secondary N) is 2. The fourth-order valence-corrected chi connectivity index (χ4v) is 4.66. The Morgan fingerprint density at radius 3 is 2.40 bits per heavy atom. The summed E-state index contributed by atoms with van der Waals surface area (Å²) in [6.07, 6.45) is -0.731. The molecule has 1 aliphatic rings. The summed E-state index contributed by atoms with van der Waals surface area (Å²) in [5, 5.41) is 2.58. The molecule has 2 atom stereocenters. The molecule has 0 spiro atoms. The Kier molecular flexibility index (Phi) is 5.36. The molecule has 1 saturated heterocycles. The summed E-state index contributed by atoms with van der Waals surface area (Å²) in [6.45, 7) is 6.12. The monoisotopic (exact) mass is 370 g/mol. The number of aryl methyl sites for hydroxylation is 1. The smallest absolute Gasteiger partial charge is 0.355 e. The lowest BCUT2D eigenvalue weighted by molar-refractivity contribution is -0.129. The number of aromatic nitrogens is 1. The lowest BCUT2D eigenvalue weighted by atomic mass is 10.1. The number of rotatable bonds is 5. The number of carbonyl (C=O) groups is 3. The van der Waals surface area contributed by atoms with Gasteiger partial charge in [0, 0.05) is 17.3 Å². The summed E-state index contributed by atoms with van der Waals surface area (Å²) >= 11 is 0. The van der Waals surface area contributed by atoms with Crippen LogP contribution in [0.1, 0.15) is 52.4 Å². The molecule has 2 heterocycles. The average Bonchev–Trinajstić information content (AvgIpc) is 2.97. The maximum absolute atomic E-state index is 12.3. The molecule has 1 aromatic rings. The van der Waals surface area contributed by atoms with Crippen molar-refractivity contribution < 1.29 is 27.5 Å². The molecule has 2 N–H and O–H groups in total. The highest BCUT2D eigenvalue weighted by Gasteiger charge is 2.31. The van der Waals surface area contributed by atoms with Gasteiger partial charge in [-0.3, -0.25) is 9.59 Å². The van der Waals surface area contributed by atoms with Gasteiger partial charge >= 0.3 is 5.97 Å². The van der Waals surface area contributed by atoms with E-state index in [0.29, 0.717) is 23.2 Å². The first kappa shape index (κ1) is 19.2. The quantitative estimate of drug-likeness (QED) is 0.580. The van der Waals surface area contributed by atoms with Crippen molar-refractivity contribution in [3.05, 3.63) is 22.5 Å². The van der Waals surface area contributed by atoms with E-state index in [2.05, 4.69) is 10.3 Å². The Labute approximate surface area is 146 Å².